The second-order valence-corrected chi connectivity index (χ2v) is 6.43. The molecule has 92 valence electrons. The monoisotopic (exact) mass is 225 g/mol. The van der Waals surface area contributed by atoms with Gasteiger partial charge in [0.1, 0.15) is 0 Å². The highest BCUT2D eigenvalue weighted by molar-refractivity contribution is 5.69. The molecule has 0 saturated heterocycles. The van der Waals surface area contributed by atoms with E-state index < -0.39 is 5.97 Å². The Morgan fingerprint density at radius 1 is 1.31 bits per heavy atom. The highest BCUT2D eigenvalue weighted by Gasteiger charge is 2.45. The normalized spacial score (nSPS) is 33.6. The number of hydrogen-bond donors (Lipinski definition) is 1. The van der Waals surface area contributed by atoms with Crippen LogP contribution in [0.5, 0.6) is 0 Å². The summed E-state index contributed by atoms with van der Waals surface area (Å²) in [5.74, 6) is 0.926. The zero-order valence-electron chi connectivity index (χ0n) is 10.6. The molecule has 0 heterocycles. The van der Waals surface area contributed by atoms with Crippen molar-refractivity contribution in [3.05, 3.63) is 0 Å². The molecule has 2 aliphatic carbocycles. The molecule has 2 rings (SSSR count). The zero-order valence-corrected chi connectivity index (χ0v) is 10.6. The van der Waals surface area contributed by atoms with Gasteiger partial charge < -0.3 is 5.11 Å². The van der Waals surface area contributed by atoms with E-state index in [1.807, 2.05) is 0 Å². The first-order valence-corrected chi connectivity index (χ1v) is 6.36. The van der Waals surface area contributed by atoms with Crippen molar-refractivity contribution in [2.24, 2.45) is 11.8 Å². The fourth-order valence-electron chi connectivity index (χ4n) is 3.59. The van der Waals surface area contributed by atoms with Gasteiger partial charge >= 0.3 is 5.97 Å². The van der Waals surface area contributed by atoms with Gasteiger partial charge in [-0.2, -0.15) is 0 Å². The molecule has 0 aromatic heterocycles. The van der Waals surface area contributed by atoms with Crippen LogP contribution in [0.25, 0.3) is 0 Å². The number of hydrogen-bond acceptors (Lipinski definition) is 2. The van der Waals surface area contributed by atoms with Gasteiger partial charge in [0.05, 0.1) is 6.54 Å². The lowest BCUT2D eigenvalue weighted by molar-refractivity contribution is -0.141. The summed E-state index contributed by atoms with van der Waals surface area (Å²) in [5, 5.41) is 9.04. The van der Waals surface area contributed by atoms with Gasteiger partial charge in [-0.15, -0.1) is 0 Å². The van der Waals surface area contributed by atoms with Crippen LogP contribution in [0, 0.1) is 11.8 Å². The van der Waals surface area contributed by atoms with E-state index in [1.54, 1.807) is 0 Å². The molecule has 3 atom stereocenters. The number of carbonyl (C=O) groups is 1. The number of fused-ring (bicyclic) bond motifs is 2. The van der Waals surface area contributed by atoms with Crippen LogP contribution in [0.4, 0.5) is 0 Å². The minimum atomic E-state index is -0.697. The summed E-state index contributed by atoms with van der Waals surface area (Å²) in [6, 6.07) is 0.509. The van der Waals surface area contributed by atoms with E-state index >= 15 is 0 Å². The lowest BCUT2D eigenvalue weighted by Gasteiger charge is -2.42. The SMILES string of the molecule is CC(C)(C)N(CC(=O)O)C1CC2CCC1C2. The number of aliphatic carboxylic acids is 1. The maximum Gasteiger partial charge on any atom is 0.317 e. The predicted molar refractivity (Wildman–Crippen MR) is 63.3 cm³/mol. The third-order valence-corrected chi connectivity index (χ3v) is 4.27. The number of rotatable bonds is 3. The first-order chi connectivity index (χ1) is 7.38. The molecule has 0 aromatic rings. The molecule has 1 N–H and O–H groups in total. The average molecular weight is 225 g/mol. The minimum Gasteiger partial charge on any atom is -0.480 e. The van der Waals surface area contributed by atoms with Crippen LogP contribution in [-0.4, -0.2) is 34.1 Å². The molecule has 0 aliphatic heterocycles. The van der Waals surface area contributed by atoms with Crippen LogP contribution in [0.3, 0.4) is 0 Å². The Hall–Kier alpha value is -0.570. The summed E-state index contributed by atoms with van der Waals surface area (Å²) in [6.07, 6.45) is 5.22. The van der Waals surface area contributed by atoms with Crippen molar-refractivity contribution in [3.8, 4) is 0 Å². The smallest absolute Gasteiger partial charge is 0.317 e. The van der Waals surface area contributed by atoms with Crippen LogP contribution in [-0.2, 0) is 4.79 Å². The fraction of sp³-hybridized carbons (Fsp3) is 0.923. The first kappa shape index (κ1) is 11.9. The maximum absolute atomic E-state index is 11.0. The summed E-state index contributed by atoms with van der Waals surface area (Å²) >= 11 is 0. The molecule has 2 saturated carbocycles. The van der Waals surface area contributed by atoms with Gasteiger partial charge in [-0.3, -0.25) is 9.69 Å². The largest absolute Gasteiger partial charge is 0.480 e. The van der Waals surface area contributed by atoms with Crippen LogP contribution in [0.15, 0.2) is 0 Å². The summed E-state index contributed by atoms with van der Waals surface area (Å²) in [4.78, 5) is 13.2. The summed E-state index contributed by atoms with van der Waals surface area (Å²) in [5.41, 5.74) is -0.0342. The van der Waals surface area contributed by atoms with Gasteiger partial charge in [-0.05, 0) is 51.9 Å². The van der Waals surface area contributed by atoms with Gasteiger partial charge in [0.2, 0.25) is 0 Å². The minimum absolute atomic E-state index is 0.0342. The van der Waals surface area contributed by atoms with Crippen molar-refractivity contribution >= 4 is 5.97 Å². The Kier molecular flexibility index (Phi) is 2.99. The average Bonchev–Trinajstić information content (AvgIpc) is 2.72. The third-order valence-electron chi connectivity index (χ3n) is 4.27. The van der Waals surface area contributed by atoms with Gasteiger partial charge in [0.15, 0.2) is 0 Å². The molecule has 2 fully saturated rings. The second-order valence-electron chi connectivity index (χ2n) is 6.43. The molecule has 3 heteroatoms. The molecular formula is C13H23NO2. The first-order valence-electron chi connectivity index (χ1n) is 6.36. The molecule has 3 unspecified atom stereocenters. The van der Waals surface area contributed by atoms with Crippen molar-refractivity contribution < 1.29 is 9.90 Å². The predicted octanol–water partition coefficient (Wildman–Crippen LogP) is 2.36. The molecular weight excluding hydrogens is 202 g/mol. The quantitative estimate of drug-likeness (QED) is 0.801. The van der Waals surface area contributed by atoms with Gasteiger partial charge in [0, 0.05) is 11.6 Å². The van der Waals surface area contributed by atoms with E-state index in [1.165, 1.54) is 25.7 Å². The van der Waals surface area contributed by atoms with Crippen molar-refractivity contribution in [2.45, 2.75) is 58.0 Å². The standard InChI is InChI=1S/C13H23NO2/c1-13(2,3)14(8-12(15)16)11-7-9-4-5-10(11)6-9/h9-11H,4-8H2,1-3H3,(H,15,16). The Balaban J connectivity index is 2.10. The molecule has 2 bridgehead atoms. The number of carboxylic acid groups (broad SMARTS) is 1. The highest BCUT2D eigenvalue weighted by Crippen LogP contribution is 2.47. The van der Waals surface area contributed by atoms with Crippen LogP contribution in [0.2, 0.25) is 0 Å². The maximum atomic E-state index is 11.0. The summed E-state index contributed by atoms with van der Waals surface area (Å²) in [7, 11) is 0. The molecule has 2 aliphatic rings. The fourth-order valence-corrected chi connectivity index (χ4v) is 3.59. The van der Waals surface area contributed by atoms with Gasteiger partial charge in [0.25, 0.3) is 0 Å². The number of carboxylic acids is 1. The van der Waals surface area contributed by atoms with E-state index in [0.29, 0.717) is 6.04 Å². The molecule has 0 amide bonds. The number of nitrogens with zero attached hydrogens (tertiary/aromatic N) is 1. The van der Waals surface area contributed by atoms with E-state index in [9.17, 15) is 4.79 Å². The van der Waals surface area contributed by atoms with Crippen molar-refractivity contribution in [1.29, 1.82) is 0 Å². The van der Waals surface area contributed by atoms with Gasteiger partial charge in [-0.25, -0.2) is 0 Å². The lowest BCUT2D eigenvalue weighted by Crippen LogP contribution is -2.52. The Labute approximate surface area is 97.8 Å². The zero-order chi connectivity index (χ0) is 11.9. The summed E-state index contributed by atoms with van der Waals surface area (Å²) in [6.45, 7) is 6.57. The lowest BCUT2D eigenvalue weighted by atomic mass is 9.90. The Morgan fingerprint density at radius 3 is 2.38 bits per heavy atom. The molecule has 3 nitrogen and oxygen atoms in total. The second kappa shape index (κ2) is 4.02. The highest BCUT2D eigenvalue weighted by atomic mass is 16.4. The topological polar surface area (TPSA) is 40.5 Å². The molecule has 0 radical (unpaired) electrons. The third kappa shape index (κ3) is 2.24. The van der Waals surface area contributed by atoms with Crippen molar-refractivity contribution in [1.82, 2.24) is 4.90 Å². The van der Waals surface area contributed by atoms with Gasteiger partial charge in [-0.1, -0.05) is 6.42 Å². The van der Waals surface area contributed by atoms with E-state index in [4.69, 9.17) is 5.11 Å². The summed E-state index contributed by atoms with van der Waals surface area (Å²) < 4.78 is 0. The van der Waals surface area contributed by atoms with E-state index in [2.05, 4.69) is 25.7 Å². The Morgan fingerprint density at radius 2 is 2.00 bits per heavy atom. The van der Waals surface area contributed by atoms with E-state index in [-0.39, 0.29) is 12.1 Å². The molecule has 16 heavy (non-hydrogen) atoms. The van der Waals surface area contributed by atoms with Crippen molar-refractivity contribution in [3.63, 3.8) is 0 Å². The van der Waals surface area contributed by atoms with Crippen LogP contribution < -0.4 is 0 Å². The van der Waals surface area contributed by atoms with E-state index in [0.717, 1.165) is 11.8 Å². The molecule has 0 aromatic carbocycles. The van der Waals surface area contributed by atoms with Crippen LogP contribution in [0.1, 0.15) is 46.5 Å². The Bertz CT molecular complexity index is 282. The van der Waals surface area contributed by atoms with Crippen molar-refractivity contribution in [2.75, 3.05) is 6.54 Å². The molecule has 0 spiro atoms. The van der Waals surface area contributed by atoms with Crippen LogP contribution >= 0.6 is 0 Å².